The van der Waals surface area contributed by atoms with Crippen LogP contribution in [0, 0.1) is 0 Å². The molecule has 1 aliphatic heterocycles. The minimum atomic E-state index is -0.823. The predicted octanol–water partition coefficient (Wildman–Crippen LogP) is 2.88. The number of halogens is 1. The lowest BCUT2D eigenvalue weighted by molar-refractivity contribution is 0.174. The summed E-state index contributed by atoms with van der Waals surface area (Å²) < 4.78 is 8.08. The van der Waals surface area contributed by atoms with E-state index in [1.807, 2.05) is 0 Å². The van der Waals surface area contributed by atoms with E-state index < -0.39 is 6.10 Å². The lowest BCUT2D eigenvalue weighted by Crippen LogP contribution is -2.41. The molecule has 0 spiro atoms. The van der Waals surface area contributed by atoms with Crippen LogP contribution >= 0.6 is 11.6 Å². The highest BCUT2D eigenvalue weighted by molar-refractivity contribution is 6.30. The third-order valence-corrected chi connectivity index (χ3v) is 5.87. The summed E-state index contributed by atoms with van der Waals surface area (Å²) >= 11 is 5.88. The van der Waals surface area contributed by atoms with Crippen LogP contribution in [0.4, 0.5) is 0 Å². The standard InChI is InChI=1S/C22H25ClN4O4/c23-16-9-7-15(8-10-16)18(28)13-19-24-20(31-25-19)14-27-21(29)12-17-6-4-2-1-3-5-11-26(17)22(27)30/h7-10,12,18,28H,1-6,11,13-14H2/t18-/m0/s1. The molecule has 3 aromatic rings. The predicted molar refractivity (Wildman–Crippen MR) is 115 cm³/mol. The van der Waals surface area contributed by atoms with E-state index in [0.717, 1.165) is 48.8 Å². The molecule has 3 heterocycles. The van der Waals surface area contributed by atoms with E-state index >= 15 is 0 Å². The van der Waals surface area contributed by atoms with Crippen molar-refractivity contribution in [1.29, 1.82) is 0 Å². The first-order chi connectivity index (χ1) is 15.0. The Morgan fingerprint density at radius 3 is 2.65 bits per heavy atom. The number of aliphatic hydroxyl groups is 1. The second-order valence-electron chi connectivity index (χ2n) is 7.89. The van der Waals surface area contributed by atoms with Gasteiger partial charge in [0.2, 0.25) is 5.89 Å². The molecule has 8 nitrogen and oxygen atoms in total. The van der Waals surface area contributed by atoms with E-state index in [4.69, 9.17) is 16.1 Å². The van der Waals surface area contributed by atoms with Gasteiger partial charge in [0, 0.05) is 29.7 Å². The van der Waals surface area contributed by atoms with Gasteiger partial charge in [-0.05, 0) is 37.0 Å². The fraction of sp³-hybridized carbons (Fsp3) is 0.455. The molecule has 0 radical (unpaired) electrons. The fourth-order valence-electron chi connectivity index (χ4n) is 3.91. The Morgan fingerprint density at radius 2 is 1.84 bits per heavy atom. The van der Waals surface area contributed by atoms with Crippen molar-refractivity contribution in [2.45, 2.75) is 64.1 Å². The summed E-state index contributed by atoms with van der Waals surface area (Å²) in [5.41, 5.74) is 0.773. The Morgan fingerprint density at radius 1 is 1.10 bits per heavy atom. The van der Waals surface area contributed by atoms with Gasteiger partial charge >= 0.3 is 5.69 Å². The zero-order chi connectivity index (χ0) is 21.8. The van der Waals surface area contributed by atoms with Crippen LogP contribution in [-0.4, -0.2) is 24.4 Å². The number of hydrogen-bond acceptors (Lipinski definition) is 6. The van der Waals surface area contributed by atoms with Gasteiger partial charge in [0.15, 0.2) is 5.82 Å². The number of fused-ring (bicyclic) bond motifs is 1. The first-order valence-electron chi connectivity index (χ1n) is 10.6. The monoisotopic (exact) mass is 444 g/mol. The smallest absolute Gasteiger partial charge is 0.331 e. The normalized spacial score (nSPS) is 15.5. The van der Waals surface area contributed by atoms with Crippen molar-refractivity contribution in [1.82, 2.24) is 19.3 Å². The largest absolute Gasteiger partial charge is 0.388 e. The molecule has 0 saturated carbocycles. The Balaban J connectivity index is 1.52. The Bertz CT molecular complexity index is 1150. The molecule has 9 heteroatoms. The average Bonchev–Trinajstić information content (AvgIpc) is 3.22. The fourth-order valence-corrected chi connectivity index (χ4v) is 4.03. The lowest BCUT2D eigenvalue weighted by atomic mass is 10.1. The van der Waals surface area contributed by atoms with Crippen LogP contribution in [0.5, 0.6) is 0 Å². The molecule has 0 fully saturated rings. The van der Waals surface area contributed by atoms with Crippen LogP contribution < -0.4 is 11.2 Å². The molecule has 0 unspecified atom stereocenters. The van der Waals surface area contributed by atoms with Gasteiger partial charge in [0.25, 0.3) is 5.56 Å². The van der Waals surface area contributed by atoms with Crippen molar-refractivity contribution in [3.05, 3.63) is 79.2 Å². The van der Waals surface area contributed by atoms with Gasteiger partial charge in [-0.1, -0.05) is 48.2 Å². The third kappa shape index (κ3) is 5.14. The van der Waals surface area contributed by atoms with Gasteiger partial charge in [-0.25, -0.2) is 4.79 Å². The van der Waals surface area contributed by atoms with E-state index in [2.05, 4.69) is 10.1 Å². The molecular formula is C22H25ClN4O4. The minimum absolute atomic E-state index is 0.0953. The van der Waals surface area contributed by atoms with Crippen molar-refractivity contribution in [2.75, 3.05) is 0 Å². The number of aromatic nitrogens is 4. The van der Waals surface area contributed by atoms with Crippen molar-refractivity contribution in [3.8, 4) is 0 Å². The molecule has 0 aliphatic carbocycles. The van der Waals surface area contributed by atoms with Crippen molar-refractivity contribution in [3.63, 3.8) is 0 Å². The van der Waals surface area contributed by atoms with E-state index in [1.54, 1.807) is 34.9 Å². The topological polar surface area (TPSA) is 103 Å². The molecule has 0 amide bonds. The molecule has 0 bridgehead atoms. The molecule has 164 valence electrons. The SMILES string of the molecule is O=c1cc2n(c(=O)n1Cc1nc(C[C@H](O)c3ccc(Cl)cc3)no1)CCCCCCC2. The Hall–Kier alpha value is -2.71. The van der Waals surface area contributed by atoms with Crippen LogP contribution in [0.15, 0.2) is 44.4 Å². The van der Waals surface area contributed by atoms with Crippen LogP contribution in [0.1, 0.15) is 61.2 Å². The zero-order valence-corrected chi connectivity index (χ0v) is 17.9. The summed E-state index contributed by atoms with van der Waals surface area (Å²) in [7, 11) is 0. The number of nitrogens with zero attached hydrogens (tertiary/aromatic N) is 4. The first kappa shape index (κ1) is 21.5. The number of rotatable bonds is 5. The lowest BCUT2D eigenvalue weighted by Gasteiger charge is -2.13. The van der Waals surface area contributed by atoms with Crippen LogP contribution in [0.3, 0.4) is 0 Å². The summed E-state index contributed by atoms with van der Waals surface area (Å²) in [4.78, 5) is 29.9. The van der Waals surface area contributed by atoms with E-state index in [0.29, 0.717) is 23.0 Å². The molecule has 0 saturated heterocycles. The van der Waals surface area contributed by atoms with Gasteiger partial charge < -0.3 is 9.63 Å². The molecular weight excluding hydrogens is 420 g/mol. The summed E-state index contributed by atoms with van der Waals surface area (Å²) in [6, 6.07) is 8.41. The number of aliphatic hydroxyl groups excluding tert-OH is 1. The maximum Gasteiger partial charge on any atom is 0.331 e. The summed E-state index contributed by atoms with van der Waals surface area (Å²) in [5.74, 6) is 0.453. The maximum atomic E-state index is 13.0. The van der Waals surface area contributed by atoms with Crippen molar-refractivity contribution >= 4 is 11.6 Å². The number of hydrogen-bond donors (Lipinski definition) is 1. The average molecular weight is 445 g/mol. The highest BCUT2D eigenvalue weighted by Crippen LogP contribution is 2.19. The minimum Gasteiger partial charge on any atom is -0.388 e. The summed E-state index contributed by atoms with van der Waals surface area (Å²) in [6.45, 7) is 0.513. The number of benzene rings is 1. The molecule has 1 N–H and O–H groups in total. The third-order valence-electron chi connectivity index (χ3n) is 5.61. The van der Waals surface area contributed by atoms with Gasteiger partial charge in [-0.3, -0.25) is 13.9 Å². The van der Waals surface area contributed by atoms with E-state index in [9.17, 15) is 14.7 Å². The van der Waals surface area contributed by atoms with Gasteiger partial charge in [0.05, 0.1) is 6.10 Å². The zero-order valence-electron chi connectivity index (χ0n) is 17.2. The quantitative estimate of drug-likeness (QED) is 0.649. The molecule has 2 aromatic heterocycles. The Kier molecular flexibility index (Phi) is 6.67. The van der Waals surface area contributed by atoms with Crippen LogP contribution in [0.2, 0.25) is 5.02 Å². The van der Waals surface area contributed by atoms with Crippen molar-refractivity contribution in [2.24, 2.45) is 0 Å². The molecule has 4 rings (SSSR count). The Labute approximate surface area is 184 Å². The number of aryl methyl sites for hydroxylation is 1. The summed E-state index contributed by atoms with van der Waals surface area (Å²) in [5, 5.41) is 14.9. The van der Waals surface area contributed by atoms with Gasteiger partial charge in [-0.2, -0.15) is 4.98 Å². The highest BCUT2D eigenvalue weighted by atomic mass is 35.5. The van der Waals surface area contributed by atoms with Crippen LogP contribution in [-0.2, 0) is 25.9 Å². The van der Waals surface area contributed by atoms with E-state index in [-0.39, 0.29) is 30.1 Å². The second-order valence-corrected chi connectivity index (χ2v) is 8.32. The van der Waals surface area contributed by atoms with E-state index in [1.165, 1.54) is 0 Å². The van der Waals surface area contributed by atoms with Gasteiger partial charge in [-0.15, -0.1) is 0 Å². The van der Waals surface area contributed by atoms with Gasteiger partial charge in [0.1, 0.15) is 6.54 Å². The van der Waals surface area contributed by atoms with Crippen molar-refractivity contribution < 1.29 is 9.63 Å². The molecule has 1 aromatic carbocycles. The molecule has 1 aliphatic rings. The molecule has 31 heavy (non-hydrogen) atoms. The van der Waals surface area contributed by atoms with Crippen LogP contribution in [0.25, 0.3) is 0 Å². The first-order valence-corrected chi connectivity index (χ1v) is 11.0. The molecule has 1 atom stereocenters. The highest BCUT2D eigenvalue weighted by Gasteiger charge is 2.17. The summed E-state index contributed by atoms with van der Waals surface area (Å²) in [6.07, 6.45) is 5.29. The second kappa shape index (κ2) is 9.62. The maximum absolute atomic E-state index is 13.0.